The Morgan fingerprint density at radius 1 is 1.19 bits per heavy atom. The van der Waals surface area contributed by atoms with Crippen LogP contribution in [0.5, 0.6) is 5.75 Å². The zero-order valence-corrected chi connectivity index (χ0v) is 20.5. The summed E-state index contributed by atoms with van der Waals surface area (Å²) in [5.74, 6) is -1.96. The zero-order valence-electron chi connectivity index (χ0n) is 19.8. The van der Waals surface area contributed by atoms with Gasteiger partial charge in [-0.15, -0.1) is 0 Å². The quantitative estimate of drug-likeness (QED) is 0.411. The number of ether oxygens (including phenoxy) is 2. The summed E-state index contributed by atoms with van der Waals surface area (Å²) >= 11 is 6.31. The third-order valence-electron chi connectivity index (χ3n) is 5.88. The first kappa shape index (κ1) is 25.8. The van der Waals surface area contributed by atoms with Gasteiger partial charge in [-0.25, -0.2) is 19.1 Å². The number of hydrogen-bond donors (Lipinski definition) is 2. The van der Waals surface area contributed by atoms with Gasteiger partial charge in [-0.3, -0.25) is 9.59 Å². The molecule has 4 rings (SSSR count). The molecule has 1 aliphatic heterocycles. The van der Waals surface area contributed by atoms with Gasteiger partial charge in [0.1, 0.15) is 23.3 Å². The summed E-state index contributed by atoms with van der Waals surface area (Å²) in [5.41, 5.74) is 4.43. The summed E-state index contributed by atoms with van der Waals surface area (Å²) in [4.78, 5) is 33.2. The molecule has 2 heterocycles. The standard InChI is InChI=1S/C26H25ClF2N2O5/c1-14-6-7-16(25(32)31-36-21-5-3-4-10-34-21)11-19(14)22-15(2)30-26(33)23(27)24(22)35-13-17-8-9-18(28)12-20(17)29/h6-9,11-12,21H,3-5,10,13H2,1-2H3,(H,30,33)(H,31,32). The highest BCUT2D eigenvalue weighted by molar-refractivity contribution is 6.32. The summed E-state index contributed by atoms with van der Waals surface area (Å²) in [6.07, 6.45) is 2.09. The van der Waals surface area contributed by atoms with E-state index in [1.807, 2.05) is 6.92 Å². The molecule has 1 fully saturated rings. The fraction of sp³-hybridized carbons (Fsp3) is 0.308. The molecule has 1 aromatic heterocycles. The smallest absolute Gasteiger partial charge is 0.274 e. The van der Waals surface area contributed by atoms with Gasteiger partial charge in [0.25, 0.3) is 11.5 Å². The topological polar surface area (TPSA) is 89.7 Å². The van der Waals surface area contributed by atoms with E-state index in [1.165, 1.54) is 6.07 Å². The number of aromatic amines is 1. The van der Waals surface area contributed by atoms with Crippen LogP contribution in [0.2, 0.25) is 5.02 Å². The first-order chi connectivity index (χ1) is 17.2. The number of hydroxylamine groups is 1. The van der Waals surface area contributed by atoms with E-state index in [0.29, 0.717) is 35.4 Å². The van der Waals surface area contributed by atoms with Crippen LogP contribution < -0.4 is 15.8 Å². The number of benzene rings is 2. The predicted molar refractivity (Wildman–Crippen MR) is 130 cm³/mol. The van der Waals surface area contributed by atoms with Crippen molar-refractivity contribution in [3.05, 3.63) is 85.8 Å². The van der Waals surface area contributed by atoms with Gasteiger partial charge in [0.05, 0.1) is 0 Å². The van der Waals surface area contributed by atoms with Gasteiger partial charge < -0.3 is 14.5 Å². The number of pyridine rings is 1. The van der Waals surface area contributed by atoms with Gasteiger partial charge in [-0.2, -0.15) is 0 Å². The Hall–Kier alpha value is -3.27. The van der Waals surface area contributed by atoms with Gasteiger partial charge in [-0.05, 0) is 62.1 Å². The van der Waals surface area contributed by atoms with Crippen molar-refractivity contribution >= 4 is 17.5 Å². The maximum atomic E-state index is 14.2. The Morgan fingerprint density at radius 3 is 2.72 bits per heavy atom. The zero-order chi connectivity index (χ0) is 25.8. The van der Waals surface area contributed by atoms with Crippen LogP contribution in [0.15, 0.2) is 41.2 Å². The number of aromatic nitrogens is 1. The van der Waals surface area contributed by atoms with Crippen LogP contribution in [0.1, 0.15) is 46.4 Å². The molecular formula is C26H25ClF2N2O5. The molecule has 10 heteroatoms. The minimum Gasteiger partial charge on any atom is -0.486 e. The van der Waals surface area contributed by atoms with Crippen LogP contribution in [0.4, 0.5) is 8.78 Å². The number of halogens is 3. The molecule has 0 saturated carbocycles. The highest BCUT2D eigenvalue weighted by atomic mass is 35.5. The highest BCUT2D eigenvalue weighted by Crippen LogP contribution is 2.38. The van der Waals surface area contributed by atoms with E-state index in [1.54, 1.807) is 25.1 Å². The average Bonchev–Trinajstić information content (AvgIpc) is 2.86. The molecule has 1 aliphatic rings. The van der Waals surface area contributed by atoms with Gasteiger partial charge in [-0.1, -0.05) is 17.7 Å². The van der Waals surface area contributed by atoms with Crippen LogP contribution in [0, 0.1) is 25.5 Å². The lowest BCUT2D eigenvalue weighted by Gasteiger charge is -2.22. The Kier molecular flexibility index (Phi) is 8.03. The maximum absolute atomic E-state index is 14.2. The number of carbonyl (C=O) groups is 1. The van der Waals surface area contributed by atoms with Crippen molar-refractivity contribution < 1.29 is 27.9 Å². The van der Waals surface area contributed by atoms with Gasteiger partial charge >= 0.3 is 0 Å². The van der Waals surface area contributed by atoms with Crippen LogP contribution in [-0.4, -0.2) is 23.8 Å². The average molecular weight is 519 g/mol. The molecule has 36 heavy (non-hydrogen) atoms. The van der Waals surface area contributed by atoms with E-state index < -0.39 is 29.4 Å². The number of carbonyl (C=O) groups excluding carboxylic acids is 1. The maximum Gasteiger partial charge on any atom is 0.274 e. The Labute approximate surface area is 211 Å². The Morgan fingerprint density at radius 2 is 2.00 bits per heavy atom. The van der Waals surface area contributed by atoms with Crippen molar-refractivity contribution in [2.75, 3.05) is 6.61 Å². The molecule has 0 spiro atoms. The fourth-order valence-electron chi connectivity index (χ4n) is 3.93. The first-order valence-electron chi connectivity index (χ1n) is 11.4. The molecule has 0 bridgehead atoms. The number of nitrogens with one attached hydrogen (secondary N) is 2. The Balaban J connectivity index is 1.65. The first-order valence-corrected chi connectivity index (χ1v) is 11.8. The predicted octanol–water partition coefficient (Wildman–Crippen LogP) is 5.36. The van der Waals surface area contributed by atoms with E-state index in [-0.39, 0.29) is 22.9 Å². The van der Waals surface area contributed by atoms with Gasteiger partial charge in [0, 0.05) is 41.5 Å². The van der Waals surface area contributed by atoms with E-state index in [4.69, 9.17) is 25.9 Å². The molecule has 1 atom stereocenters. The number of amides is 1. The third kappa shape index (κ3) is 5.75. The SMILES string of the molecule is Cc1ccc(C(=O)NOC2CCCCO2)cc1-c1c(C)[nH]c(=O)c(Cl)c1OCc1ccc(F)cc1F. The molecule has 1 unspecified atom stereocenters. The van der Waals surface area contributed by atoms with Crippen molar-refractivity contribution in [3.63, 3.8) is 0 Å². The molecule has 7 nitrogen and oxygen atoms in total. The highest BCUT2D eigenvalue weighted by Gasteiger charge is 2.22. The fourth-order valence-corrected chi connectivity index (χ4v) is 4.13. The van der Waals surface area contributed by atoms with E-state index in [0.717, 1.165) is 30.5 Å². The van der Waals surface area contributed by atoms with Crippen molar-refractivity contribution in [1.82, 2.24) is 10.5 Å². The molecule has 0 aliphatic carbocycles. The normalized spacial score (nSPS) is 15.5. The summed E-state index contributed by atoms with van der Waals surface area (Å²) in [5, 5.41) is -0.231. The molecule has 1 saturated heterocycles. The molecule has 2 aromatic carbocycles. The second-order valence-electron chi connectivity index (χ2n) is 8.50. The second kappa shape index (κ2) is 11.2. The lowest BCUT2D eigenvalue weighted by atomic mass is 9.96. The molecule has 190 valence electrons. The monoisotopic (exact) mass is 518 g/mol. The number of hydrogen-bond acceptors (Lipinski definition) is 5. The van der Waals surface area contributed by atoms with Crippen molar-refractivity contribution in [1.29, 1.82) is 0 Å². The number of rotatable bonds is 7. The van der Waals surface area contributed by atoms with Crippen LogP contribution >= 0.6 is 11.6 Å². The molecular weight excluding hydrogens is 494 g/mol. The molecule has 1 amide bonds. The summed E-state index contributed by atoms with van der Waals surface area (Å²) in [7, 11) is 0. The van der Waals surface area contributed by atoms with Gasteiger partial charge in [0.15, 0.2) is 12.0 Å². The lowest BCUT2D eigenvalue weighted by molar-refractivity contribution is -0.186. The summed E-state index contributed by atoms with van der Waals surface area (Å²) in [6.45, 7) is 3.77. The minimum absolute atomic E-state index is 0.0224. The Bertz CT molecular complexity index is 1340. The van der Waals surface area contributed by atoms with Crippen molar-refractivity contribution in [3.8, 4) is 16.9 Å². The minimum atomic E-state index is -0.786. The number of aryl methyl sites for hydroxylation is 2. The van der Waals surface area contributed by atoms with Crippen LogP contribution in [-0.2, 0) is 16.2 Å². The summed E-state index contributed by atoms with van der Waals surface area (Å²) < 4.78 is 38.7. The molecule has 0 radical (unpaired) electrons. The van der Waals surface area contributed by atoms with Crippen molar-refractivity contribution in [2.24, 2.45) is 0 Å². The third-order valence-corrected chi connectivity index (χ3v) is 6.22. The van der Waals surface area contributed by atoms with Crippen molar-refractivity contribution in [2.45, 2.75) is 46.0 Å². The van der Waals surface area contributed by atoms with E-state index >= 15 is 0 Å². The number of H-pyrrole nitrogens is 1. The van der Waals surface area contributed by atoms with E-state index in [9.17, 15) is 18.4 Å². The lowest BCUT2D eigenvalue weighted by Crippen LogP contribution is -2.33. The van der Waals surface area contributed by atoms with E-state index in [2.05, 4.69) is 10.5 Å². The second-order valence-corrected chi connectivity index (χ2v) is 8.87. The van der Waals surface area contributed by atoms with Crippen LogP contribution in [0.3, 0.4) is 0 Å². The molecule has 3 aromatic rings. The van der Waals surface area contributed by atoms with Crippen LogP contribution in [0.25, 0.3) is 11.1 Å². The summed E-state index contributed by atoms with van der Waals surface area (Å²) in [6, 6.07) is 8.11. The van der Waals surface area contributed by atoms with Gasteiger partial charge in [0.2, 0.25) is 0 Å². The largest absolute Gasteiger partial charge is 0.486 e. The molecule has 2 N–H and O–H groups in total.